The van der Waals surface area contributed by atoms with E-state index in [0.717, 1.165) is 64.2 Å². The Labute approximate surface area is 322 Å². The first kappa shape index (κ1) is 50.1. The van der Waals surface area contributed by atoms with E-state index in [1.807, 2.05) is 0 Å². The Morgan fingerprint density at radius 1 is 0.365 bits per heavy atom. The molecule has 0 bridgehead atoms. The molecular weight excluding hydrogens is 648 g/mol. The Bertz CT molecular complexity index is 809. The van der Waals surface area contributed by atoms with Crippen molar-refractivity contribution in [3.63, 3.8) is 0 Å². The van der Waals surface area contributed by atoms with Gasteiger partial charge in [-0.2, -0.15) is 0 Å². The molecule has 0 unspecified atom stereocenters. The minimum Gasteiger partial charge on any atom is -0.462 e. The van der Waals surface area contributed by atoms with E-state index in [1.54, 1.807) is 0 Å². The van der Waals surface area contributed by atoms with Crippen LogP contribution in [0.25, 0.3) is 0 Å². The van der Waals surface area contributed by atoms with E-state index in [2.05, 4.69) is 32.9 Å². The number of hydrogen-bond donors (Lipinski definition) is 0. The maximum atomic E-state index is 12.7. The fourth-order valence-electron chi connectivity index (χ4n) is 6.55. The molecule has 0 aliphatic carbocycles. The smallest absolute Gasteiger partial charge is 0.306 e. The molecule has 0 saturated heterocycles. The standard InChI is InChI=1S/C46H86O6/c1-4-7-10-13-16-19-21-23-25-27-30-33-36-39-45(48)51-42-43(41-50-44(47)38-35-32-29-26-18-15-12-9-6-3)52-46(49)40-37-34-31-28-24-22-20-17-14-11-8-5-2/h17,20,43H,4-16,18-19,21-42H2,1-3H3/b20-17-/t43-/m1/s1. The van der Waals surface area contributed by atoms with Gasteiger partial charge < -0.3 is 14.2 Å². The summed E-state index contributed by atoms with van der Waals surface area (Å²) in [4.78, 5) is 37.6. The number of esters is 3. The molecular formula is C46H86O6. The van der Waals surface area contributed by atoms with Crippen molar-refractivity contribution in [1.82, 2.24) is 0 Å². The summed E-state index contributed by atoms with van der Waals surface area (Å²) in [5.74, 6) is -0.874. The lowest BCUT2D eigenvalue weighted by atomic mass is 10.0. The van der Waals surface area contributed by atoms with Crippen molar-refractivity contribution in [1.29, 1.82) is 0 Å². The molecule has 0 aromatic carbocycles. The third kappa shape index (κ3) is 39.4. The lowest BCUT2D eigenvalue weighted by molar-refractivity contribution is -0.167. The number of ether oxygens (including phenoxy) is 3. The zero-order valence-electron chi connectivity index (χ0n) is 34.8. The van der Waals surface area contributed by atoms with Crippen LogP contribution < -0.4 is 0 Å². The molecule has 0 N–H and O–H groups in total. The van der Waals surface area contributed by atoms with E-state index in [1.165, 1.54) is 141 Å². The summed E-state index contributed by atoms with van der Waals surface area (Å²) in [7, 11) is 0. The third-order valence-corrected chi connectivity index (χ3v) is 10.0. The lowest BCUT2D eigenvalue weighted by Crippen LogP contribution is -2.30. The van der Waals surface area contributed by atoms with Crippen LogP contribution >= 0.6 is 0 Å². The fourth-order valence-corrected chi connectivity index (χ4v) is 6.55. The van der Waals surface area contributed by atoms with Crippen LogP contribution in [-0.4, -0.2) is 37.2 Å². The highest BCUT2D eigenvalue weighted by atomic mass is 16.6. The van der Waals surface area contributed by atoms with Gasteiger partial charge in [-0.3, -0.25) is 14.4 Å². The van der Waals surface area contributed by atoms with E-state index in [4.69, 9.17) is 14.2 Å². The van der Waals surface area contributed by atoms with Gasteiger partial charge >= 0.3 is 17.9 Å². The predicted molar refractivity (Wildman–Crippen MR) is 220 cm³/mol. The van der Waals surface area contributed by atoms with Gasteiger partial charge in [0.1, 0.15) is 13.2 Å². The van der Waals surface area contributed by atoms with Gasteiger partial charge in [0.15, 0.2) is 6.10 Å². The second kappa shape index (κ2) is 41.9. The van der Waals surface area contributed by atoms with Crippen LogP contribution in [-0.2, 0) is 28.6 Å². The maximum Gasteiger partial charge on any atom is 0.306 e. The summed E-state index contributed by atoms with van der Waals surface area (Å²) in [6.07, 6.45) is 43.3. The lowest BCUT2D eigenvalue weighted by Gasteiger charge is -2.18. The first-order valence-electron chi connectivity index (χ1n) is 22.7. The number of carbonyl (C=O) groups excluding carboxylic acids is 3. The topological polar surface area (TPSA) is 78.9 Å². The zero-order chi connectivity index (χ0) is 38.0. The Hall–Kier alpha value is -1.85. The van der Waals surface area contributed by atoms with Gasteiger partial charge in [-0.25, -0.2) is 0 Å². The Balaban J connectivity index is 4.33. The number of hydrogen-bond acceptors (Lipinski definition) is 6. The van der Waals surface area contributed by atoms with Crippen LogP contribution in [0.2, 0.25) is 0 Å². The van der Waals surface area contributed by atoms with Crippen LogP contribution in [0.15, 0.2) is 12.2 Å². The molecule has 0 amide bonds. The van der Waals surface area contributed by atoms with Gasteiger partial charge in [-0.05, 0) is 44.9 Å². The molecule has 0 radical (unpaired) electrons. The average molecular weight is 735 g/mol. The molecule has 6 nitrogen and oxygen atoms in total. The fraction of sp³-hybridized carbons (Fsp3) is 0.891. The molecule has 306 valence electrons. The molecule has 0 saturated carbocycles. The number of unbranched alkanes of at least 4 members (excludes halogenated alkanes) is 28. The van der Waals surface area contributed by atoms with Crippen LogP contribution in [0.3, 0.4) is 0 Å². The monoisotopic (exact) mass is 735 g/mol. The number of rotatable bonds is 41. The van der Waals surface area contributed by atoms with E-state index in [9.17, 15) is 14.4 Å². The van der Waals surface area contributed by atoms with Crippen LogP contribution in [0.5, 0.6) is 0 Å². The predicted octanol–water partition coefficient (Wildman–Crippen LogP) is 14.3. The average Bonchev–Trinajstić information content (AvgIpc) is 3.14. The maximum absolute atomic E-state index is 12.7. The molecule has 0 aromatic rings. The van der Waals surface area contributed by atoms with Gasteiger partial charge in [0, 0.05) is 19.3 Å². The Morgan fingerprint density at radius 2 is 0.635 bits per heavy atom. The summed E-state index contributed by atoms with van der Waals surface area (Å²) < 4.78 is 16.7. The summed E-state index contributed by atoms with van der Waals surface area (Å²) in [5, 5.41) is 0. The second-order valence-corrected chi connectivity index (χ2v) is 15.3. The highest BCUT2D eigenvalue weighted by Gasteiger charge is 2.19. The Morgan fingerprint density at radius 3 is 1.00 bits per heavy atom. The highest BCUT2D eigenvalue weighted by Crippen LogP contribution is 2.15. The van der Waals surface area contributed by atoms with Crippen molar-refractivity contribution >= 4 is 17.9 Å². The first-order chi connectivity index (χ1) is 25.5. The van der Waals surface area contributed by atoms with E-state index >= 15 is 0 Å². The minimum atomic E-state index is -0.765. The summed E-state index contributed by atoms with van der Waals surface area (Å²) >= 11 is 0. The minimum absolute atomic E-state index is 0.0692. The molecule has 0 fully saturated rings. The molecule has 0 heterocycles. The SMILES string of the molecule is CCCCC/C=C\CCCCCCCC(=O)O[C@H](COC(=O)CCCCCCCCCCC)COC(=O)CCCCCCCCCCCCCCC. The van der Waals surface area contributed by atoms with Crippen molar-refractivity contribution in [2.75, 3.05) is 13.2 Å². The highest BCUT2D eigenvalue weighted by molar-refractivity contribution is 5.71. The van der Waals surface area contributed by atoms with Crippen molar-refractivity contribution in [3.05, 3.63) is 12.2 Å². The van der Waals surface area contributed by atoms with Gasteiger partial charge in [-0.15, -0.1) is 0 Å². The molecule has 52 heavy (non-hydrogen) atoms. The summed E-state index contributed by atoms with van der Waals surface area (Å²) in [6.45, 7) is 6.59. The normalized spacial score (nSPS) is 12.0. The molecule has 0 aliphatic rings. The van der Waals surface area contributed by atoms with Gasteiger partial charge in [0.05, 0.1) is 0 Å². The van der Waals surface area contributed by atoms with Crippen LogP contribution in [0.4, 0.5) is 0 Å². The van der Waals surface area contributed by atoms with Crippen molar-refractivity contribution in [2.24, 2.45) is 0 Å². The number of allylic oxidation sites excluding steroid dienone is 2. The van der Waals surface area contributed by atoms with E-state index in [-0.39, 0.29) is 31.1 Å². The van der Waals surface area contributed by atoms with Crippen LogP contribution in [0, 0.1) is 0 Å². The third-order valence-electron chi connectivity index (χ3n) is 10.0. The van der Waals surface area contributed by atoms with E-state index < -0.39 is 6.10 Å². The van der Waals surface area contributed by atoms with Crippen molar-refractivity contribution in [2.45, 2.75) is 252 Å². The summed E-state index contributed by atoms with van der Waals surface area (Å²) in [5.41, 5.74) is 0. The molecule has 0 aromatic heterocycles. The largest absolute Gasteiger partial charge is 0.462 e. The molecule has 1 atom stereocenters. The van der Waals surface area contributed by atoms with E-state index in [0.29, 0.717) is 19.3 Å². The van der Waals surface area contributed by atoms with Gasteiger partial charge in [-0.1, -0.05) is 193 Å². The molecule has 0 spiro atoms. The second-order valence-electron chi connectivity index (χ2n) is 15.3. The van der Waals surface area contributed by atoms with Gasteiger partial charge in [0.2, 0.25) is 0 Å². The molecule has 6 heteroatoms. The number of carbonyl (C=O) groups is 3. The molecule has 0 aliphatic heterocycles. The zero-order valence-corrected chi connectivity index (χ0v) is 34.8. The van der Waals surface area contributed by atoms with Crippen molar-refractivity contribution in [3.8, 4) is 0 Å². The quantitative estimate of drug-likeness (QED) is 0.0269. The Kier molecular flexibility index (Phi) is 40.4. The first-order valence-corrected chi connectivity index (χ1v) is 22.7. The summed E-state index contributed by atoms with van der Waals surface area (Å²) in [6, 6.07) is 0. The van der Waals surface area contributed by atoms with Crippen molar-refractivity contribution < 1.29 is 28.6 Å². The molecule has 0 rings (SSSR count). The van der Waals surface area contributed by atoms with Gasteiger partial charge in [0.25, 0.3) is 0 Å². The van der Waals surface area contributed by atoms with Crippen LogP contribution in [0.1, 0.15) is 245 Å².